The first-order valence-corrected chi connectivity index (χ1v) is 13.8. The van der Waals surface area contributed by atoms with Crippen molar-refractivity contribution in [3.8, 4) is 0 Å². The summed E-state index contributed by atoms with van der Waals surface area (Å²) in [6.45, 7) is 7.00. The minimum absolute atomic E-state index is 0.170. The molecular weight excluding hydrogens is 420 g/mol. The minimum Gasteiger partial charge on any atom is -0.393 e. The van der Waals surface area contributed by atoms with Crippen LogP contribution in [0, 0.1) is 0 Å². The van der Waals surface area contributed by atoms with Gasteiger partial charge in [-0.05, 0) is 69.9 Å². The molecule has 4 N–H and O–H groups in total. The Hall–Kier alpha value is -1.65. The maximum atomic E-state index is 12.1. The average molecular weight is 473 g/mol. The summed E-state index contributed by atoms with van der Waals surface area (Å²) in [5, 5.41) is 13.0. The van der Waals surface area contributed by atoms with Crippen molar-refractivity contribution in [2.75, 3.05) is 6.54 Å². The maximum absolute atomic E-state index is 12.1. The van der Waals surface area contributed by atoms with Crippen molar-refractivity contribution in [2.45, 2.75) is 129 Å². The molecule has 0 heterocycles. The Kier molecular flexibility index (Phi) is 16.7. The van der Waals surface area contributed by atoms with Gasteiger partial charge in [-0.1, -0.05) is 88.3 Å². The van der Waals surface area contributed by atoms with Crippen LogP contribution in [0.4, 0.5) is 0 Å². The van der Waals surface area contributed by atoms with E-state index in [0.717, 1.165) is 57.9 Å². The zero-order chi connectivity index (χ0) is 25.1. The highest BCUT2D eigenvalue weighted by Crippen LogP contribution is 2.22. The Balaban J connectivity index is 1.98. The van der Waals surface area contributed by atoms with E-state index in [2.05, 4.69) is 42.6 Å². The van der Waals surface area contributed by atoms with E-state index in [-0.39, 0.29) is 17.6 Å². The number of carbonyl (C=O) groups excluding carboxylic acids is 1. The molecule has 1 aromatic carbocycles. The first-order chi connectivity index (χ1) is 16.3. The van der Waals surface area contributed by atoms with E-state index < -0.39 is 0 Å². The minimum atomic E-state index is -0.341. The molecule has 0 bridgehead atoms. The van der Waals surface area contributed by atoms with Crippen molar-refractivity contribution < 1.29 is 9.90 Å². The standard InChI is InChI=1S/C30H52N2O2/c1-4-5-6-13-21-27(33)22-14-11-9-7-8-10-12-15-24-29(34)32-25-18-20-26-19-16-17-23-28(26)30(2,3)31/h11,14,16-17,19,23,27,33H,4-10,12-13,15,18,20-22,24-25,31H2,1-3H3,(H,32,34)/t27-/m1/s1. The highest BCUT2D eigenvalue weighted by Gasteiger charge is 2.17. The number of nitrogens with two attached hydrogens (primary N) is 1. The number of rotatable bonds is 20. The number of aryl methyl sites for hydroxylation is 1. The SMILES string of the molecule is CCCCCC[C@@H](O)CC=CCCCCCCCC(=O)NCCCc1ccccc1C(C)(C)N. The fraction of sp³-hybridized carbons (Fsp3) is 0.700. The van der Waals surface area contributed by atoms with Crippen LogP contribution >= 0.6 is 0 Å². The molecule has 0 aliphatic rings. The van der Waals surface area contributed by atoms with Crippen LogP contribution in [0.3, 0.4) is 0 Å². The van der Waals surface area contributed by atoms with Crippen molar-refractivity contribution in [1.82, 2.24) is 5.32 Å². The zero-order valence-electron chi connectivity index (χ0n) is 22.3. The van der Waals surface area contributed by atoms with Crippen LogP contribution in [-0.4, -0.2) is 23.7 Å². The van der Waals surface area contributed by atoms with Gasteiger partial charge in [0, 0.05) is 18.5 Å². The summed E-state index contributed by atoms with van der Waals surface area (Å²) in [4.78, 5) is 12.1. The molecule has 0 aliphatic carbocycles. The lowest BCUT2D eigenvalue weighted by Gasteiger charge is -2.23. The number of aliphatic hydroxyl groups excluding tert-OH is 1. The summed E-state index contributed by atoms with van der Waals surface area (Å²) < 4.78 is 0. The molecule has 0 aromatic heterocycles. The predicted molar refractivity (Wildman–Crippen MR) is 146 cm³/mol. The molecule has 0 saturated carbocycles. The number of aliphatic hydroxyl groups is 1. The van der Waals surface area contributed by atoms with Crippen LogP contribution < -0.4 is 11.1 Å². The molecule has 0 fully saturated rings. The van der Waals surface area contributed by atoms with Crippen molar-refractivity contribution >= 4 is 5.91 Å². The molecule has 1 rings (SSSR count). The smallest absolute Gasteiger partial charge is 0.219 e. The lowest BCUT2D eigenvalue weighted by atomic mass is 9.89. The van der Waals surface area contributed by atoms with Crippen molar-refractivity contribution in [2.24, 2.45) is 5.73 Å². The molecule has 0 unspecified atom stereocenters. The largest absolute Gasteiger partial charge is 0.393 e. The van der Waals surface area contributed by atoms with Gasteiger partial charge in [0.1, 0.15) is 0 Å². The normalized spacial score (nSPS) is 12.9. The summed E-state index contributed by atoms with van der Waals surface area (Å²) in [5.74, 6) is 0.170. The van der Waals surface area contributed by atoms with Gasteiger partial charge in [0.25, 0.3) is 0 Å². The summed E-state index contributed by atoms with van der Waals surface area (Å²) in [6.07, 6.45) is 20.1. The molecule has 0 radical (unpaired) electrons. The van der Waals surface area contributed by atoms with Crippen LogP contribution in [-0.2, 0) is 16.8 Å². The number of hydrogen-bond acceptors (Lipinski definition) is 3. The van der Waals surface area contributed by atoms with Gasteiger partial charge in [0.05, 0.1) is 6.10 Å². The zero-order valence-corrected chi connectivity index (χ0v) is 22.3. The Morgan fingerprint density at radius 2 is 1.71 bits per heavy atom. The number of benzene rings is 1. The molecule has 194 valence electrons. The summed E-state index contributed by atoms with van der Waals surface area (Å²) in [5.41, 5.74) is 8.40. The Bertz CT molecular complexity index is 679. The number of hydrogen-bond donors (Lipinski definition) is 3. The summed E-state index contributed by atoms with van der Waals surface area (Å²) >= 11 is 0. The summed E-state index contributed by atoms with van der Waals surface area (Å²) in [7, 11) is 0. The lowest BCUT2D eigenvalue weighted by Crippen LogP contribution is -2.30. The molecule has 0 spiro atoms. The van der Waals surface area contributed by atoms with Gasteiger partial charge in [-0.3, -0.25) is 4.79 Å². The Morgan fingerprint density at radius 3 is 2.47 bits per heavy atom. The predicted octanol–water partition coefficient (Wildman–Crippen LogP) is 6.94. The molecule has 4 heteroatoms. The highest BCUT2D eigenvalue weighted by molar-refractivity contribution is 5.75. The van der Waals surface area contributed by atoms with E-state index in [1.54, 1.807) is 0 Å². The molecule has 0 saturated heterocycles. The molecule has 1 aromatic rings. The molecule has 1 atom stereocenters. The van der Waals surface area contributed by atoms with Crippen LogP contribution in [0.1, 0.15) is 122 Å². The quantitative estimate of drug-likeness (QED) is 0.142. The van der Waals surface area contributed by atoms with Gasteiger partial charge in [0.2, 0.25) is 5.91 Å². The van der Waals surface area contributed by atoms with Crippen LogP contribution in [0.25, 0.3) is 0 Å². The number of unbranched alkanes of at least 4 members (excludes halogenated alkanes) is 8. The van der Waals surface area contributed by atoms with Gasteiger partial charge in [-0.15, -0.1) is 0 Å². The lowest BCUT2D eigenvalue weighted by molar-refractivity contribution is -0.121. The van der Waals surface area contributed by atoms with Crippen LogP contribution in [0.15, 0.2) is 36.4 Å². The fourth-order valence-electron chi connectivity index (χ4n) is 4.34. The van der Waals surface area contributed by atoms with Gasteiger partial charge >= 0.3 is 0 Å². The molecule has 1 amide bonds. The molecule has 4 nitrogen and oxygen atoms in total. The fourth-order valence-corrected chi connectivity index (χ4v) is 4.34. The van der Waals surface area contributed by atoms with E-state index in [1.807, 2.05) is 19.9 Å². The average Bonchev–Trinajstić information content (AvgIpc) is 2.80. The second-order valence-electron chi connectivity index (χ2n) is 10.3. The van der Waals surface area contributed by atoms with Gasteiger partial charge in [-0.2, -0.15) is 0 Å². The van der Waals surface area contributed by atoms with Crippen LogP contribution in [0.5, 0.6) is 0 Å². The molecular formula is C30H52N2O2. The third-order valence-electron chi connectivity index (χ3n) is 6.40. The van der Waals surface area contributed by atoms with Gasteiger partial charge < -0.3 is 16.2 Å². The third-order valence-corrected chi connectivity index (χ3v) is 6.40. The van der Waals surface area contributed by atoms with E-state index in [0.29, 0.717) is 6.42 Å². The van der Waals surface area contributed by atoms with Crippen molar-refractivity contribution in [3.05, 3.63) is 47.5 Å². The van der Waals surface area contributed by atoms with E-state index in [9.17, 15) is 9.90 Å². The Morgan fingerprint density at radius 1 is 1.00 bits per heavy atom. The number of allylic oxidation sites excluding steroid dienone is 1. The maximum Gasteiger partial charge on any atom is 0.219 e. The molecule has 34 heavy (non-hydrogen) atoms. The van der Waals surface area contributed by atoms with Crippen molar-refractivity contribution in [1.29, 1.82) is 0 Å². The first-order valence-electron chi connectivity index (χ1n) is 13.8. The van der Waals surface area contributed by atoms with Gasteiger partial charge in [0.15, 0.2) is 0 Å². The second-order valence-corrected chi connectivity index (χ2v) is 10.3. The number of amides is 1. The van der Waals surface area contributed by atoms with Crippen LogP contribution in [0.2, 0.25) is 0 Å². The third kappa shape index (κ3) is 15.3. The van der Waals surface area contributed by atoms with Crippen molar-refractivity contribution in [3.63, 3.8) is 0 Å². The number of nitrogens with one attached hydrogen (secondary N) is 1. The summed E-state index contributed by atoms with van der Waals surface area (Å²) in [6, 6.07) is 8.33. The van der Waals surface area contributed by atoms with E-state index in [1.165, 1.54) is 49.7 Å². The van der Waals surface area contributed by atoms with Gasteiger partial charge in [-0.25, -0.2) is 0 Å². The second kappa shape index (κ2) is 18.6. The van der Waals surface area contributed by atoms with E-state index in [4.69, 9.17) is 5.73 Å². The Labute approximate surface area is 209 Å². The first kappa shape index (κ1) is 30.4. The molecule has 0 aliphatic heterocycles. The van der Waals surface area contributed by atoms with E-state index >= 15 is 0 Å². The number of carbonyl (C=O) groups is 1. The topological polar surface area (TPSA) is 75.3 Å². The monoisotopic (exact) mass is 472 g/mol. The highest BCUT2D eigenvalue weighted by atomic mass is 16.3.